The molecule has 0 amide bonds. The Labute approximate surface area is 82.5 Å². The fourth-order valence-corrected chi connectivity index (χ4v) is 0.939. The Morgan fingerprint density at radius 2 is 2.43 bits per heavy atom. The first kappa shape index (κ1) is 10.6. The van der Waals surface area contributed by atoms with Crippen LogP contribution < -0.4 is 5.32 Å². The maximum absolute atomic E-state index is 11.0. The third-order valence-corrected chi connectivity index (χ3v) is 1.76. The van der Waals surface area contributed by atoms with Gasteiger partial charge in [-0.15, -0.1) is 0 Å². The van der Waals surface area contributed by atoms with Crippen molar-refractivity contribution in [2.75, 3.05) is 7.11 Å². The van der Waals surface area contributed by atoms with Crippen LogP contribution in [0.15, 0.2) is 18.6 Å². The zero-order valence-electron chi connectivity index (χ0n) is 8.23. The molecule has 0 bridgehead atoms. The molecule has 0 fully saturated rings. The fraction of sp³-hybridized carbons (Fsp3) is 0.444. The molecule has 0 aliphatic carbocycles. The van der Waals surface area contributed by atoms with Crippen molar-refractivity contribution in [3.05, 3.63) is 24.3 Å². The van der Waals surface area contributed by atoms with Crippen LogP contribution in [0, 0.1) is 0 Å². The summed E-state index contributed by atoms with van der Waals surface area (Å²) < 4.78 is 4.56. The molecule has 0 saturated heterocycles. The van der Waals surface area contributed by atoms with E-state index in [4.69, 9.17) is 0 Å². The molecular weight excluding hydrogens is 182 g/mol. The van der Waals surface area contributed by atoms with Crippen molar-refractivity contribution in [1.29, 1.82) is 0 Å². The largest absolute Gasteiger partial charge is 0.468 e. The van der Waals surface area contributed by atoms with Gasteiger partial charge in [-0.25, -0.2) is 0 Å². The van der Waals surface area contributed by atoms with E-state index in [9.17, 15) is 4.79 Å². The van der Waals surface area contributed by atoms with Crippen molar-refractivity contribution >= 4 is 5.97 Å². The minimum absolute atomic E-state index is 0.283. The van der Waals surface area contributed by atoms with Crippen LogP contribution in [0.1, 0.15) is 12.6 Å². The summed E-state index contributed by atoms with van der Waals surface area (Å²) >= 11 is 0. The molecule has 1 N–H and O–H groups in total. The van der Waals surface area contributed by atoms with Gasteiger partial charge < -0.3 is 4.74 Å². The highest BCUT2D eigenvalue weighted by Gasteiger charge is 2.11. The molecule has 0 aliphatic heterocycles. The lowest BCUT2D eigenvalue weighted by molar-refractivity contribution is -0.142. The number of hydrogen-bond donors (Lipinski definition) is 1. The van der Waals surface area contributed by atoms with E-state index < -0.39 is 0 Å². The molecule has 0 spiro atoms. The van der Waals surface area contributed by atoms with Crippen molar-refractivity contribution in [3.8, 4) is 0 Å². The summed E-state index contributed by atoms with van der Waals surface area (Å²) in [6.45, 7) is 2.24. The Bertz CT molecular complexity index is 289. The summed E-state index contributed by atoms with van der Waals surface area (Å²) in [5.74, 6) is -0.283. The summed E-state index contributed by atoms with van der Waals surface area (Å²) in [4.78, 5) is 19.0. The maximum Gasteiger partial charge on any atom is 0.322 e. The smallest absolute Gasteiger partial charge is 0.322 e. The zero-order valence-corrected chi connectivity index (χ0v) is 8.23. The van der Waals surface area contributed by atoms with Gasteiger partial charge in [-0.05, 0) is 6.92 Å². The van der Waals surface area contributed by atoms with Gasteiger partial charge >= 0.3 is 5.97 Å². The number of ether oxygens (including phenoxy) is 1. The standard InChI is InChI=1S/C9H13N3O2/c1-7(9(13)14-2)12-6-8-5-10-3-4-11-8/h3-5,7,12H,6H2,1-2H3. The second kappa shape index (κ2) is 5.29. The quantitative estimate of drug-likeness (QED) is 0.692. The van der Waals surface area contributed by atoms with Crippen molar-refractivity contribution in [2.45, 2.75) is 19.5 Å². The minimum atomic E-state index is -0.331. The Hall–Kier alpha value is -1.49. The number of carbonyl (C=O) groups is 1. The topological polar surface area (TPSA) is 64.1 Å². The highest BCUT2D eigenvalue weighted by molar-refractivity contribution is 5.74. The number of esters is 1. The maximum atomic E-state index is 11.0. The van der Waals surface area contributed by atoms with Gasteiger partial charge in [0, 0.05) is 25.1 Å². The van der Waals surface area contributed by atoms with Crippen molar-refractivity contribution in [1.82, 2.24) is 15.3 Å². The molecule has 5 heteroatoms. The van der Waals surface area contributed by atoms with E-state index in [0.717, 1.165) is 5.69 Å². The second-order valence-corrected chi connectivity index (χ2v) is 2.82. The highest BCUT2D eigenvalue weighted by atomic mass is 16.5. The fourth-order valence-electron chi connectivity index (χ4n) is 0.939. The van der Waals surface area contributed by atoms with Crippen molar-refractivity contribution in [2.24, 2.45) is 0 Å². The van der Waals surface area contributed by atoms with Gasteiger partial charge in [-0.2, -0.15) is 0 Å². The van der Waals surface area contributed by atoms with Gasteiger partial charge in [0.1, 0.15) is 6.04 Å². The average molecular weight is 195 g/mol. The summed E-state index contributed by atoms with van der Waals surface area (Å²) in [6, 6.07) is -0.331. The molecule has 0 aromatic carbocycles. The molecule has 1 aromatic rings. The van der Waals surface area contributed by atoms with E-state index in [2.05, 4.69) is 20.0 Å². The lowest BCUT2D eigenvalue weighted by Gasteiger charge is -2.10. The summed E-state index contributed by atoms with van der Waals surface area (Å²) in [7, 11) is 1.36. The molecule has 0 aliphatic rings. The summed E-state index contributed by atoms with van der Waals surface area (Å²) in [6.07, 6.45) is 4.87. The van der Waals surface area contributed by atoms with Gasteiger partial charge in [0.25, 0.3) is 0 Å². The number of methoxy groups -OCH3 is 1. The molecule has 0 saturated carbocycles. The van der Waals surface area contributed by atoms with Crippen LogP contribution in [0.4, 0.5) is 0 Å². The van der Waals surface area contributed by atoms with Crippen LogP contribution in [-0.4, -0.2) is 29.1 Å². The first-order chi connectivity index (χ1) is 6.74. The Morgan fingerprint density at radius 3 is 3.00 bits per heavy atom. The summed E-state index contributed by atoms with van der Waals surface area (Å²) in [5.41, 5.74) is 0.795. The van der Waals surface area contributed by atoms with Gasteiger partial charge in [-0.1, -0.05) is 0 Å². The van der Waals surface area contributed by atoms with E-state index >= 15 is 0 Å². The molecule has 1 aromatic heterocycles. The van der Waals surface area contributed by atoms with Gasteiger partial charge in [0.15, 0.2) is 0 Å². The van der Waals surface area contributed by atoms with Gasteiger partial charge in [0.2, 0.25) is 0 Å². The van der Waals surface area contributed by atoms with Gasteiger partial charge in [0.05, 0.1) is 12.8 Å². The Balaban J connectivity index is 2.38. The molecule has 0 radical (unpaired) electrons. The molecule has 1 rings (SSSR count). The Morgan fingerprint density at radius 1 is 1.64 bits per heavy atom. The monoisotopic (exact) mass is 195 g/mol. The van der Waals surface area contributed by atoms with Crippen LogP contribution >= 0.6 is 0 Å². The predicted octanol–water partition coefficient (Wildman–Crippen LogP) is 0.128. The second-order valence-electron chi connectivity index (χ2n) is 2.82. The van der Waals surface area contributed by atoms with Crippen molar-refractivity contribution in [3.63, 3.8) is 0 Å². The third-order valence-electron chi connectivity index (χ3n) is 1.76. The first-order valence-electron chi connectivity index (χ1n) is 4.30. The average Bonchev–Trinajstić information content (AvgIpc) is 2.26. The molecular formula is C9H13N3O2. The number of nitrogens with zero attached hydrogens (tertiary/aromatic N) is 2. The van der Waals surface area contributed by atoms with Crippen molar-refractivity contribution < 1.29 is 9.53 Å². The predicted molar refractivity (Wildman–Crippen MR) is 50.3 cm³/mol. The number of hydrogen-bond acceptors (Lipinski definition) is 5. The molecule has 76 valence electrons. The van der Waals surface area contributed by atoms with Crippen LogP contribution in [0.25, 0.3) is 0 Å². The SMILES string of the molecule is COC(=O)C(C)NCc1cnccn1. The van der Waals surface area contributed by atoms with E-state index in [0.29, 0.717) is 6.54 Å². The normalized spacial score (nSPS) is 12.1. The number of nitrogens with one attached hydrogen (secondary N) is 1. The molecule has 1 heterocycles. The lowest BCUT2D eigenvalue weighted by atomic mass is 10.3. The van der Waals surface area contributed by atoms with Gasteiger partial charge in [-0.3, -0.25) is 20.1 Å². The Kier molecular flexibility index (Phi) is 4.00. The zero-order chi connectivity index (χ0) is 10.4. The van der Waals surface area contributed by atoms with E-state index in [1.807, 2.05) is 0 Å². The molecule has 1 atom stereocenters. The van der Waals surface area contributed by atoms with E-state index in [-0.39, 0.29) is 12.0 Å². The van der Waals surface area contributed by atoms with Crippen LogP contribution in [-0.2, 0) is 16.1 Å². The van der Waals surface area contributed by atoms with Crippen LogP contribution in [0.5, 0.6) is 0 Å². The highest BCUT2D eigenvalue weighted by Crippen LogP contribution is 1.92. The third kappa shape index (κ3) is 3.10. The molecule has 5 nitrogen and oxygen atoms in total. The number of rotatable bonds is 4. The van der Waals surface area contributed by atoms with E-state index in [1.165, 1.54) is 7.11 Å². The lowest BCUT2D eigenvalue weighted by Crippen LogP contribution is -2.34. The first-order valence-corrected chi connectivity index (χ1v) is 4.30. The van der Waals surface area contributed by atoms with Crippen LogP contribution in [0.3, 0.4) is 0 Å². The minimum Gasteiger partial charge on any atom is -0.468 e. The van der Waals surface area contributed by atoms with Crippen LogP contribution in [0.2, 0.25) is 0 Å². The summed E-state index contributed by atoms with van der Waals surface area (Å²) in [5, 5.41) is 2.97. The molecule has 14 heavy (non-hydrogen) atoms. The number of aromatic nitrogens is 2. The molecule has 1 unspecified atom stereocenters. The van der Waals surface area contributed by atoms with E-state index in [1.54, 1.807) is 25.5 Å². The number of carbonyl (C=O) groups excluding carboxylic acids is 1.